The second kappa shape index (κ2) is 7.49. The lowest BCUT2D eigenvalue weighted by atomic mass is 10.1. The van der Waals surface area contributed by atoms with Crippen molar-refractivity contribution in [2.75, 3.05) is 0 Å². The van der Waals surface area contributed by atoms with E-state index in [1.807, 2.05) is 0 Å². The summed E-state index contributed by atoms with van der Waals surface area (Å²) in [5, 5.41) is 11.4. The largest absolute Gasteiger partial charge is 0.480 e. The van der Waals surface area contributed by atoms with Gasteiger partial charge >= 0.3 is 22.5 Å². The van der Waals surface area contributed by atoms with Crippen molar-refractivity contribution in [2.45, 2.75) is 38.8 Å². The molecular formula is C14H19NO8S. The summed E-state index contributed by atoms with van der Waals surface area (Å²) in [7, 11) is -4.63. The molecule has 10 heteroatoms. The van der Waals surface area contributed by atoms with Crippen LogP contribution in [0.5, 0.6) is 5.75 Å². The number of carbonyl (C=O) groups excluding carboxylic acids is 1. The zero-order valence-electron chi connectivity index (χ0n) is 13.3. The topological polar surface area (TPSA) is 139 Å². The number of hydrogen-bond acceptors (Lipinski definition) is 6. The van der Waals surface area contributed by atoms with Crippen LogP contribution >= 0.6 is 0 Å². The maximum atomic E-state index is 11.7. The molecule has 0 bridgehead atoms. The number of carbonyl (C=O) groups is 2. The summed E-state index contributed by atoms with van der Waals surface area (Å²) in [6.45, 7) is 4.95. The molecule has 134 valence electrons. The molecule has 1 aromatic carbocycles. The van der Waals surface area contributed by atoms with Crippen molar-refractivity contribution in [3.63, 3.8) is 0 Å². The van der Waals surface area contributed by atoms with Gasteiger partial charge in [0.05, 0.1) is 0 Å². The molecule has 1 amide bonds. The number of benzene rings is 1. The van der Waals surface area contributed by atoms with Crippen molar-refractivity contribution in [3.05, 3.63) is 29.8 Å². The molecule has 0 spiro atoms. The highest BCUT2D eigenvalue weighted by Gasteiger charge is 2.24. The monoisotopic (exact) mass is 361 g/mol. The molecule has 0 saturated heterocycles. The molecule has 9 nitrogen and oxygen atoms in total. The van der Waals surface area contributed by atoms with E-state index in [9.17, 15) is 23.1 Å². The van der Waals surface area contributed by atoms with E-state index in [1.54, 1.807) is 20.8 Å². The molecule has 0 fully saturated rings. The molecule has 0 aliphatic rings. The van der Waals surface area contributed by atoms with Crippen LogP contribution in [0.2, 0.25) is 0 Å². The molecule has 0 unspecified atom stereocenters. The number of rotatable bonds is 6. The van der Waals surface area contributed by atoms with Crippen molar-refractivity contribution in [2.24, 2.45) is 0 Å². The maximum absolute atomic E-state index is 11.7. The number of aliphatic carboxylic acids is 1. The average Bonchev–Trinajstić information content (AvgIpc) is 2.36. The third-order valence-electron chi connectivity index (χ3n) is 2.55. The van der Waals surface area contributed by atoms with Crippen LogP contribution < -0.4 is 9.50 Å². The Balaban J connectivity index is 2.75. The molecule has 0 aliphatic carbocycles. The van der Waals surface area contributed by atoms with E-state index < -0.39 is 34.1 Å². The van der Waals surface area contributed by atoms with Crippen LogP contribution in [0.1, 0.15) is 26.3 Å². The Morgan fingerprint density at radius 2 is 1.75 bits per heavy atom. The number of amides is 1. The van der Waals surface area contributed by atoms with Gasteiger partial charge in [-0.1, -0.05) is 12.1 Å². The Morgan fingerprint density at radius 3 is 2.17 bits per heavy atom. The van der Waals surface area contributed by atoms with Crippen LogP contribution in [0.4, 0.5) is 4.79 Å². The number of hydrogen-bond donors (Lipinski definition) is 3. The Labute approximate surface area is 139 Å². The van der Waals surface area contributed by atoms with Crippen molar-refractivity contribution < 1.29 is 36.6 Å². The molecule has 24 heavy (non-hydrogen) atoms. The summed E-state index contributed by atoms with van der Waals surface area (Å²) >= 11 is 0. The van der Waals surface area contributed by atoms with E-state index in [-0.39, 0.29) is 12.2 Å². The van der Waals surface area contributed by atoms with Crippen LogP contribution in [0.25, 0.3) is 0 Å². The standard InChI is InChI=1S/C14H19NO8S/c1-14(2,3)22-13(18)15-11(12(16)17)8-9-4-6-10(7-5-9)23-24(19,20)21/h4-7,11H,8H2,1-3H3,(H,15,18)(H,16,17)(H,19,20,21)/t11-/m0/s1. The molecule has 0 heterocycles. The zero-order chi connectivity index (χ0) is 18.5. The van der Waals surface area contributed by atoms with E-state index in [0.717, 1.165) is 0 Å². The van der Waals surface area contributed by atoms with Crippen LogP contribution in [-0.2, 0) is 26.4 Å². The Hall–Kier alpha value is -2.33. The van der Waals surface area contributed by atoms with Gasteiger partial charge in [-0.3, -0.25) is 4.55 Å². The third-order valence-corrected chi connectivity index (χ3v) is 2.96. The van der Waals surface area contributed by atoms with E-state index in [1.165, 1.54) is 24.3 Å². The van der Waals surface area contributed by atoms with E-state index in [4.69, 9.17) is 9.29 Å². The van der Waals surface area contributed by atoms with Gasteiger partial charge in [0.2, 0.25) is 0 Å². The zero-order valence-corrected chi connectivity index (χ0v) is 14.2. The lowest BCUT2D eigenvalue weighted by Crippen LogP contribution is -2.44. The molecule has 0 aliphatic heterocycles. The highest BCUT2D eigenvalue weighted by atomic mass is 32.3. The summed E-state index contributed by atoms with van der Waals surface area (Å²) in [5.74, 6) is -1.38. The predicted octanol–water partition coefficient (Wildman–Crippen LogP) is 1.39. The third kappa shape index (κ3) is 7.79. The van der Waals surface area contributed by atoms with E-state index in [0.29, 0.717) is 5.56 Å². The second-order valence-corrected chi connectivity index (χ2v) is 6.92. The van der Waals surface area contributed by atoms with Gasteiger partial charge in [0, 0.05) is 6.42 Å². The summed E-state index contributed by atoms with van der Waals surface area (Å²) in [4.78, 5) is 22.9. The van der Waals surface area contributed by atoms with Gasteiger partial charge in [-0.2, -0.15) is 8.42 Å². The molecule has 0 aromatic heterocycles. The Bertz CT molecular complexity index is 690. The first-order valence-electron chi connectivity index (χ1n) is 6.84. The van der Waals surface area contributed by atoms with E-state index in [2.05, 4.69) is 9.50 Å². The lowest BCUT2D eigenvalue weighted by molar-refractivity contribution is -0.139. The van der Waals surface area contributed by atoms with Crippen LogP contribution in [-0.4, -0.2) is 41.8 Å². The van der Waals surface area contributed by atoms with Crippen LogP contribution in [0, 0.1) is 0 Å². The van der Waals surface area contributed by atoms with Crippen LogP contribution in [0.3, 0.4) is 0 Å². The fraction of sp³-hybridized carbons (Fsp3) is 0.429. The van der Waals surface area contributed by atoms with Gasteiger partial charge in [0.1, 0.15) is 17.4 Å². The van der Waals surface area contributed by atoms with Gasteiger partial charge in [0.15, 0.2) is 0 Å². The fourth-order valence-corrected chi connectivity index (χ4v) is 2.04. The maximum Gasteiger partial charge on any atom is 0.446 e. The molecular weight excluding hydrogens is 342 g/mol. The van der Waals surface area contributed by atoms with Crippen LogP contribution in [0.15, 0.2) is 24.3 Å². The molecule has 1 aromatic rings. The first-order chi connectivity index (χ1) is 10.9. The number of carboxylic acids is 1. The van der Waals surface area contributed by atoms with Gasteiger partial charge in [-0.25, -0.2) is 9.59 Å². The minimum absolute atomic E-state index is 0.0548. The average molecular weight is 361 g/mol. The predicted molar refractivity (Wildman–Crippen MR) is 83.1 cm³/mol. The number of alkyl carbamates (subject to hydrolysis) is 1. The van der Waals surface area contributed by atoms with Crippen molar-refractivity contribution in [3.8, 4) is 5.75 Å². The molecule has 0 radical (unpaired) electrons. The highest BCUT2D eigenvalue weighted by Crippen LogP contribution is 2.15. The summed E-state index contributed by atoms with van der Waals surface area (Å²) < 4.78 is 39.0. The molecule has 1 atom stereocenters. The first kappa shape index (κ1) is 19.7. The van der Waals surface area contributed by atoms with Crippen molar-refractivity contribution in [1.82, 2.24) is 5.32 Å². The summed E-state index contributed by atoms with van der Waals surface area (Å²) in [6, 6.07) is 4.08. The van der Waals surface area contributed by atoms with Gasteiger partial charge in [-0.05, 0) is 38.5 Å². The first-order valence-corrected chi connectivity index (χ1v) is 8.20. The smallest absolute Gasteiger partial charge is 0.446 e. The Morgan fingerprint density at radius 1 is 1.21 bits per heavy atom. The molecule has 1 rings (SSSR count). The van der Waals surface area contributed by atoms with Gasteiger partial charge < -0.3 is 19.3 Å². The number of carboxylic acid groups (broad SMARTS) is 1. The summed E-state index contributed by atoms with van der Waals surface area (Å²) in [5.41, 5.74) is -0.261. The quantitative estimate of drug-likeness (QED) is 0.646. The number of ether oxygens (including phenoxy) is 1. The van der Waals surface area contributed by atoms with Gasteiger partial charge in [-0.15, -0.1) is 0 Å². The lowest BCUT2D eigenvalue weighted by Gasteiger charge is -2.22. The van der Waals surface area contributed by atoms with Crippen molar-refractivity contribution in [1.29, 1.82) is 0 Å². The summed E-state index contributed by atoms with van der Waals surface area (Å²) in [6.07, 6.45) is -0.915. The minimum atomic E-state index is -4.63. The molecule has 0 saturated carbocycles. The minimum Gasteiger partial charge on any atom is -0.480 e. The molecule has 3 N–H and O–H groups in total. The normalized spacial score (nSPS) is 13.0. The second-order valence-electron chi connectivity index (χ2n) is 5.90. The van der Waals surface area contributed by atoms with E-state index >= 15 is 0 Å². The van der Waals surface area contributed by atoms with Gasteiger partial charge in [0.25, 0.3) is 0 Å². The Kier molecular flexibility index (Phi) is 6.16. The SMILES string of the molecule is CC(C)(C)OC(=O)N[C@@H](Cc1ccc(OS(=O)(=O)O)cc1)C(=O)O. The highest BCUT2D eigenvalue weighted by molar-refractivity contribution is 7.81. The van der Waals surface area contributed by atoms with Crippen molar-refractivity contribution >= 4 is 22.5 Å². The fourth-order valence-electron chi connectivity index (χ4n) is 1.69. The number of nitrogens with one attached hydrogen (secondary N) is 1.